The van der Waals surface area contributed by atoms with Gasteiger partial charge in [-0.2, -0.15) is 4.31 Å². The van der Waals surface area contributed by atoms with Gasteiger partial charge in [-0.1, -0.05) is 6.92 Å². The first-order valence-electron chi connectivity index (χ1n) is 7.23. The monoisotopic (exact) mass is 302 g/mol. The minimum Gasteiger partial charge on any atom is -0.373 e. The normalized spacial score (nSPS) is 38.4. The van der Waals surface area contributed by atoms with Crippen LogP contribution in [0, 0.1) is 11.8 Å². The Hall–Kier alpha value is -0.660. The van der Waals surface area contributed by atoms with Crippen molar-refractivity contribution in [2.24, 2.45) is 11.8 Å². The highest BCUT2D eigenvalue weighted by Gasteiger charge is 2.46. The SMILES string of the molecule is CC1CC(C(=O)N2C[C@@H]3OCCN(S(C)(=O)=O)[C@@H]3C2)C1. The average molecular weight is 302 g/mol. The maximum Gasteiger partial charge on any atom is 0.225 e. The zero-order valence-electron chi connectivity index (χ0n) is 12.0. The molecule has 0 bridgehead atoms. The molecule has 20 heavy (non-hydrogen) atoms. The summed E-state index contributed by atoms with van der Waals surface area (Å²) in [4.78, 5) is 14.2. The van der Waals surface area contributed by atoms with Crippen LogP contribution in [0.3, 0.4) is 0 Å². The second kappa shape index (κ2) is 4.96. The molecule has 2 aliphatic heterocycles. The molecule has 2 saturated heterocycles. The van der Waals surface area contributed by atoms with Crippen molar-refractivity contribution in [3.63, 3.8) is 0 Å². The minimum atomic E-state index is -3.23. The fraction of sp³-hybridized carbons (Fsp3) is 0.923. The first kappa shape index (κ1) is 14.3. The van der Waals surface area contributed by atoms with Gasteiger partial charge in [0, 0.05) is 25.6 Å². The Morgan fingerprint density at radius 1 is 1.25 bits per heavy atom. The van der Waals surface area contributed by atoms with Gasteiger partial charge in [-0.3, -0.25) is 4.79 Å². The Morgan fingerprint density at radius 3 is 2.55 bits per heavy atom. The summed E-state index contributed by atoms with van der Waals surface area (Å²) in [5.41, 5.74) is 0. The zero-order chi connectivity index (χ0) is 14.5. The Labute approximate surface area is 120 Å². The molecule has 6 nitrogen and oxygen atoms in total. The van der Waals surface area contributed by atoms with Crippen molar-refractivity contribution < 1.29 is 17.9 Å². The summed E-state index contributed by atoms with van der Waals surface area (Å²) in [7, 11) is -3.23. The molecule has 1 saturated carbocycles. The van der Waals surface area contributed by atoms with E-state index in [9.17, 15) is 13.2 Å². The molecule has 0 unspecified atom stereocenters. The number of rotatable bonds is 2. The summed E-state index contributed by atoms with van der Waals surface area (Å²) in [6.07, 6.45) is 2.98. The lowest BCUT2D eigenvalue weighted by atomic mass is 9.75. The molecule has 0 radical (unpaired) electrons. The van der Waals surface area contributed by atoms with Crippen molar-refractivity contribution in [1.82, 2.24) is 9.21 Å². The summed E-state index contributed by atoms with van der Waals surface area (Å²) in [6, 6.07) is -0.208. The molecule has 1 amide bonds. The molecule has 7 heteroatoms. The lowest BCUT2D eigenvalue weighted by molar-refractivity contribution is -0.139. The van der Waals surface area contributed by atoms with Gasteiger partial charge in [0.2, 0.25) is 15.9 Å². The van der Waals surface area contributed by atoms with E-state index in [0.29, 0.717) is 32.2 Å². The molecule has 2 heterocycles. The van der Waals surface area contributed by atoms with Crippen LogP contribution >= 0.6 is 0 Å². The van der Waals surface area contributed by atoms with Crippen molar-refractivity contribution in [1.29, 1.82) is 0 Å². The van der Waals surface area contributed by atoms with Gasteiger partial charge in [0.25, 0.3) is 0 Å². The van der Waals surface area contributed by atoms with Gasteiger partial charge in [0.15, 0.2) is 0 Å². The van der Waals surface area contributed by atoms with Crippen LogP contribution in [0.25, 0.3) is 0 Å². The Morgan fingerprint density at radius 2 is 1.95 bits per heavy atom. The van der Waals surface area contributed by atoms with Gasteiger partial charge >= 0.3 is 0 Å². The van der Waals surface area contributed by atoms with E-state index >= 15 is 0 Å². The van der Waals surface area contributed by atoms with Crippen molar-refractivity contribution in [2.45, 2.75) is 31.9 Å². The number of carbonyl (C=O) groups excluding carboxylic acids is 1. The Bertz CT molecular complexity index is 501. The molecule has 0 aromatic rings. The van der Waals surface area contributed by atoms with E-state index in [2.05, 4.69) is 6.92 Å². The van der Waals surface area contributed by atoms with Crippen molar-refractivity contribution in [3.8, 4) is 0 Å². The number of nitrogens with zero attached hydrogens (tertiary/aromatic N) is 2. The third kappa shape index (κ3) is 2.46. The largest absolute Gasteiger partial charge is 0.373 e. The van der Waals surface area contributed by atoms with E-state index in [1.165, 1.54) is 10.6 Å². The van der Waals surface area contributed by atoms with Crippen LogP contribution in [0.5, 0.6) is 0 Å². The smallest absolute Gasteiger partial charge is 0.225 e. The third-order valence-corrected chi connectivity index (χ3v) is 6.02. The van der Waals surface area contributed by atoms with Crippen molar-refractivity contribution in [2.75, 3.05) is 32.5 Å². The van der Waals surface area contributed by atoms with E-state index in [4.69, 9.17) is 4.74 Å². The molecule has 0 aromatic heterocycles. The van der Waals surface area contributed by atoms with Crippen LogP contribution in [0.1, 0.15) is 19.8 Å². The van der Waals surface area contributed by atoms with Gasteiger partial charge in [0.05, 0.1) is 25.0 Å². The first-order chi connectivity index (χ1) is 9.36. The maximum absolute atomic E-state index is 12.4. The fourth-order valence-corrected chi connectivity index (χ4v) is 4.71. The number of fused-ring (bicyclic) bond motifs is 1. The summed E-state index contributed by atoms with van der Waals surface area (Å²) < 4.78 is 30.8. The molecule has 2 atom stereocenters. The van der Waals surface area contributed by atoms with E-state index in [-0.39, 0.29) is 24.0 Å². The lowest BCUT2D eigenvalue weighted by Gasteiger charge is -2.35. The highest BCUT2D eigenvalue weighted by molar-refractivity contribution is 7.88. The molecule has 3 aliphatic rings. The molecular weight excluding hydrogens is 280 g/mol. The molecule has 1 aliphatic carbocycles. The second-order valence-corrected chi connectivity index (χ2v) is 8.30. The van der Waals surface area contributed by atoms with Gasteiger partial charge in [-0.15, -0.1) is 0 Å². The average Bonchev–Trinajstić information content (AvgIpc) is 2.76. The highest BCUT2D eigenvalue weighted by Crippen LogP contribution is 2.36. The number of amides is 1. The number of hydrogen-bond donors (Lipinski definition) is 0. The number of likely N-dealkylation sites (tertiary alicyclic amines) is 1. The minimum absolute atomic E-state index is 0.136. The van der Waals surface area contributed by atoms with Gasteiger partial charge in [-0.25, -0.2) is 8.42 Å². The third-order valence-electron chi connectivity index (χ3n) is 4.71. The Balaban J connectivity index is 1.69. The molecule has 3 fully saturated rings. The quantitative estimate of drug-likeness (QED) is 0.715. The second-order valence-electron chi connectivity index (χ2n) is 6.37. The Kier molecular flexibility index (Phi) is 3.54. The van der Waals surface area contributed by atoms with E-state index in [1.54, 1.807) is 4.90 Å². The molecule has 0 aromatic carbocycles. The van der Waals surface area contributed by atoms with E-state index in [0.717, 1.165) is 12.8 Å². The van der Waals surface area contributed by atoms with Crippen LogP contribution in [0.4, 0.5) is 0 Å². The first-order valence-corrected chi connectivity index (χ1v) is 9.08. The number of hydrogen-bond acceptors (Lipinski definition) is 4. The topological polar surface area (TPSA) is 66.9 Å². The number of sulfonamides is 1. The predicted molar refractivity (Wildman–Crippen MR) is 73.5 cm³/mol. The summed E-state index contributed by atoms with van der Waals surface area (Å²) in [5, 5.41) is 0. The molecular formula is C13H22N2O4S. The summed E-state index contributed by atoms with van der Waals surface area (Å²) in [5.74, 6) is 0.948. The van der Waals surface area contributed by atoms with Crippen LogP contribution < -0.4 is 0 Å². The molecule has 3 rings (SSSR count). The molecule has 0 N–H and O–H groups in total. The summed E-state index contributed by atoms with van der Waals surface area (Å²) >= 11 is 0. The van der Waals surface area contributed by atoms with Gasteiger partial charge < -0.3 is 9.64 Å². The van der Waals surface area contributed by atoms with Crippen LogP contribution in [-0.2, 0) is 19.6 Å². The van der Waals surface area contributed by atoms with Gasteiger partial charge in [-0.05, 0) is 18.8 Å². The summed E-state index contributed by atoms with van der Waals surface area (Å²) in [6.45, 7) is 3.96. The lowest BCUT2D eigenvalue weighted by Crippen LogP contribution is -2.52. The molecule has 114 valence electrons. The van der Waals surface area contributed by atoms with E-state index < -0.39 is 10.0 Å². The van der Waals surface area contributed by atoms with Crippen molar-refractivity contribution >= 4 is 15.9 Å². The van der Waals surface area contributed by atoms with Gasteiger partial charge in [0.1, 0.15) is 0 Å². The highest BCUT2D eigenvalue weighted by atomic mass is 32.2. The predicted octanol–water partition coefficient (Wildman–Crippen LogP) is -0.0963. The molecule has 0 spiro atoms. The van der Waals surface area contributed by atoms with Crippen LogP contribution in [0.15, 0.2) is 0 Å². The standard InChI is InChI=1S/C13H22N2O4S/c1-9-5-10(6-9)13(16)14-7-11-12(8-14)19-4-3-15(11)20(2,17)18/h9-12H,3-8H2,1-2H3/t9?,10?,11-,12+/m1/s1. The maximum atomic E-state index is 12.4. The fourth-order valence-electron chi connectivity index (χ4n) is 3.61. The van der Waals surface area contributed by atoms with Crippen molar-refractivity contribution in [3.05, 3.63) is 0 Å². The number of carbonyl (C=O) groups is 1. The van der Waals surface area contributed by atoms with Crippen LogP contribution in [0.2, 0.25) is 0 Å². The number of morpholine rings is 1. The van der Waals surface area contributed by atoms with Crippen LogP contribution in [-0.4, -0.2) is 68.2 Å². The zero-order valence-corrected chi connectivity index (χ0v) is 12.8. The number of ether oxygens (including phenoxy) is 1. The van der Waals surface area contributed by atoms with E-state index in [1.807, 2.05) is 0 Å².